The standard InChI is InChI=1S/2C23H27N2.C20H21N2.C17H15N2.C13H9N4.C9H5F3N3.C9H8N3.C5H12O2.4Ir/c2*1-15(2)10-18-12-19(11-16(3)4)14-20(13-18)23-17(5)24-21-8-6-7-9-22(21)25-23;1-13(2)9-19-20(16-11-14(3)10-15(4)12-16)22-18-8-6-5-7-17(18)21-19;1-11-8-12(2)10-14(9-11)17-13(3)18-15-6-4-5-7-16(15)19-17;1-2-6-10(7-3-1)12-15-13(17-16-12)11-8-4-5-9-14-11;10-9(11,12)8-5-7(14-15-8)6-3-1-2-4-13-6;1-7-6-9(12-11-7)8-4-2-3-5-10-8;1-4(6)3-5(2)7;;;;/h2*6-9,12-13,15-16H,10-11H2,1-5H3;5-8,10-11,13H,9H2,1-4H3;4-9H,1-3H3;1-9H;1-5H;2-6H,1H3;4-7H,3H2,1-2H3;;;;/q7*-1;;;;;. The van der Waals surface area contributed by atoms with Crippen molar-refractivity contribution in [2.75, 3.05) is 0 Å². The van der Waals surface area contributed by atoms with Gasteiger partial charge in [0.1, 0.15) is 5.69 Å². The summed E-state index contributed by atoms with van der Waals surface area (Å²) in [7, 11) is 0. The summed E-state index contributed by atoms with van der Waals surface area (Å²) < 4.78 is 36.6. The van der Waals surface area contributed by atoms with Crippen molar-refractivity contribution in [1.29, 1.82) is 0 Å². The van der Waals surface area contributed by atoms with Crippen LogP contribution in [0.15, 0.2) is 261 Å². The van der Waals surface area contributed by atoms with Gasteiger partial charge in [-0.05, 0) is 212 Å². The molecule has 0 spiro atoms. The number of aliphatic hydroxyl groups excluding tert-OH is 2. The van der Waals surface area contributed by atoms with Crippen LogP contribution in [0.3, 0.4) is 0 Å². The van der Waals surface area contributed by atoms with Gasteiger partial charge in [-0.1, -0.05) is 211 Å². The number of para-hydroxylation sites is 8. The van der Waals surface area contributed by atoms with Crippen LogP contribution in [-0.2, 0) is 119 Å². The number of alkyl halides is 3. The summed E-state index contributed by atoms with van der Waals surface area (Å²) in [5, 5.41) is 39.6. The molecule has 9 aromatic carbocycles. The number of benzene rings is 9. The molecule has 27 heteroatoms. The number of halogens is 3. The Kier molecular flexibility index (Phi) is 47.0. The van der Waals surface area contributed by atoms with Crippen LogP contribution < -0.4 is 15.3 Å². The molecule has 0 fully saturated rings. The minimum absolute atomic E-state index is 0. The van der Waals surface area contributed by atoms with Crippen LogP contribution >= 0.6 is 0 Å². The summed E-state index contributed by atoms with van der Waals surface area (Å²) in [6.07, 6.45) is 5.37. The first-order valence-electron chi connectivity index (χ1n) is 48.2. The smallest absolute Gasteiger partial charge is 0.431 e. The topological polar surface area (TPSA) is 276 Å². The van der Waals surface area contributed by atoms with Crippen molar-refractivity contribution in [1.82, 2.24) is 90.4 Å². The van der Waals surface area contributed by atoms with E-state index in [9.17, 15) is 13.2 Å². The van der Waals surface area contributed by atoms with Gasteiger partial charge in [-0.3, -0.25) is 59.9 Å². The zero-order valence-corrected chi connectivity index (χ0v) is 95.6. The van der Waals surface area contributed by atoms with Crippen molar-refractivity contribution in [3.8, 4) is 90.7 Å². The summed E-state index contributed by atoms with van der Waals surface area (Å²) in [4.78, 5) is 55.0. The summed E-state index contributed by atoms with van der Waals surface area (Å²) in [6, 6.07) is 92.7. The van der Waals surface area contributed by atoms with Gasteiger partial charge in [-0.25, -0.2) is 0 Å². The second-order valence-electron chi connectivity index (χ2n) is 37.7. The first-order valence-corrected chi connectivity index (χ1v) is 48.2. The van der Waals surface area contributed by atoms with E-state index in [1.165, 1.54) is 39.6 Å². The van der Waals surface area contributed by atoms with Crippen molar-refractivity contribution in [2.45, 2.75) is 195 Å². The number of aromatic nitrogens is 18. The van der Waals surface area contributed by atoms with Gasteiger partial charge in [-0.2, -0.15) is 13.2 Å². The Balaban J connectivity index is 0.000000207. The normalized spacial score (nSPS) is 11.2. The van der Waals surface area contributed by atoms with Crippen molar-refractivity contribution < 1.29 is 104 Å². The molecule has 0 saturated heterocycles. The first kappa shape index (κ1) is 119. The van der Waals surface area contributed by atoms with Crippen molar-refractivity contribution in [3.63, 3.8) is 0 Å². The Bertz CT molecular complexity index is 6990. The molecule has 0 aliphatic heterocycles. The van der Waals surface area contributed by atoms with E-state index in [4.69, 9.17) is 45.1 Å². The van der Waals surface area contributed by atoms with Crippen LogP contribution in [0, 0.1) is 109 Å². The molecule has 146 heavy (non-hydrogen) atoms. The van der Waals surface area contributed by atoms with Crippen molar-refractivity contribution in [3.05, 3.63) is 364 Å². The average molecular weight is 2660 g/mol. The van der Waals surface area contributed by atoms with E-state index in [1.807, 2.05) is 198 Å². The number of fused-ring (bicyclic) bond motifs is 4. The van der Waals surface area contributed by atoms with E-state index in [0.717, 1.165) is 190 Å². The number of nitrogens with zero attached hydrogens (tertiary/aromatic N) is 18. The van der Waals surface area contributed by atoms with Crippen molar-refractivity contribution in [2.24, 2.45) is 29.6 Å². The molecule has 0 saturated carbocycles. The molecule has 4 radical (unpaired) electrons. The molecule has 0 amide bonds. The molecule has 19 aromatic rings. The van der Waals surface area contributed by atoms with Crippen LogP contribution in [0.5, 0.6) is 0 Å². The number of aryl methyl sites for hydroxylation is 8. The molecule has 10 aromatic heterocycles. The van der Waals surface area contributed by atoms with E-state index >= 15 is 0 Å². The van der Waals surface area contributed by atoms with Gasteiger partial charge in [0, 0.05) is 162 Å². The van der Waals surface area contributed by atoms with Gasteiger partial charge in [0.25, 0.3) is 0 Å². The molecule has 0 bridgehead atoms. The third kappa shape index (κ3) is 36.4. The van der Waals surface area contributed by atoms with Gasteiger partial charge >= 0.3 is 6.18 Å². The third-order valence-electron chi connectivity index (χ3n) is 21.7. The second kappa shape index (κ2) is 57.7. The zero-order chi connectivity index (χ0) is 102. The maximum absolute atomic E-state index is 12.2. The minimum Gasteiger partial charge on any atom is -0.574 e. The molecule has 0 aliphatic carbocycles. The summed E-state index contributed by atoms with van der Waals surface area (Å²) >= 11 is 0. The van der Waals surface area contributed by atoms with Crippen molar-refractivity contribution >= 4 is 44.1 Å². The molecule has 10 heterocycles. The number of hydrogen-bond acceptors (Lipinski definition) is 17. The number of aliphatic hydroxyl groups is 2. The van der Waals surface area contributed by atoms with Crippen LogP contribution in [0.25, 0.3) is 135 Å². The Hall–Kier alpha value is -12.3. The fourth-order valence-corrected chi connectivity index (χ4v) is 15.9. The molecular weight excluding hydrogens is 2540 g/mol. The Labute approximate surface area is 910 Å². The quantitative estimate of drug-likeness (QED) is 0.0671. The predicted molar refractivity (Wildman–Crippen MR) is 564 cm³/mol. The Morgan fingerprint density at radius 1 is 0.315 bits per heavy atom. The molecular formula is C119H124F3Ir4N18O2-7. The van der Waals surface area contributed by atoms with Crippen LogP contribution in [0.4, 0.5) is 13.2 Å². The predicted octanol–water partition coefficient (Wildman–Crippen LogP) is 26.4. The molecule has 19 rings (SSSR count). The second-order valence-corrected chi connectivity index (χ2v) is 37.7. The van der Waals surface area contributed by atoms with E-state index in [-0.39, 0.29) is 98.3 Å². The van der Waals surface area contributed by atoms with Gasteiger partial charge in [0.15, 0.2) is 0 Å². The molecule has 2 N–H and O–H groups in total. The van der Waals surface area contributed by atoms with E-state index in [2.05, 4.69) is 225 Å². The maximum Gasteiger partial charge on any atom is 0.431 e. The molecule has 2 unspecified atom stereocenters. The van der Waals surface area contributed by atoms with Gasteiger partial charge in [0.05, 0.1) is 67.9 Å². The summed E-state index contributed by atoms with van der Waals surface area (Å²) in [5.41, 5.74) is 33.4. The fraction of sp³-hybridized carbons (Fsp3) is 0.286. The fourth-order valence-electron chi connectivity index (χ4n) is 15.9. The van der Waals surface area contributed by atoms with E-state index in [0.29, 0.717) is 53.4 Å². The Morgan fingerprint density at radius 3 is 1.00 bits per heavy atom. The van der Waals surface area contributed by atoms with Gasteiger partial charge in [-0.15, -0.1) is 140 Å². The third-order valence-corrected chi connectivity index (χ3v) is 21.7. The van der Waals surface area contributed by atoms with Gasteiger partial charge < -0.3 is 40.7 Å². The number of rotatable bonds is 20. The molecule has 2 atom stereocenters. The van der Waals surface area contributed by atoms with E-state index in [1.54, 1.807) is 44.4 Å². The molecule has 766 valence electrons. The van der Waals surface area contributed by atoms with Crippen LogP contribution in [0.2, 0.25) is 0 Å². The first-order chi connectivity index (χ1) is 68.0. The zero-order valence-electron chi connectivity index (χ0n) is 86.0. The van der Waals surface area contributed by atoms with Crippen LogP contribution in [-0.4, -0.2) is 97.5 Å². The van der Waals surface area contributed by atoms with Gasteiger partial charge in [0.2, 0.25) is 0 Å². The monoisotopic (exact) mass is 2670 g/mol. The number of hydrogen-bond donors (Lipinski definition) is 2. The molecule has 0 aliphatic rings. The largest absolute Gasteiger partial charge is 0.574 e. The minimum atomic E-state index is -4.46. The van der Waals surface area contributed by atoms with E-state index < -0.39 is 11.9 Å². The Morgan fingerprint density at radius 2 is 0.658 bits per heavy atom. The number of pyridine rings is 3. The molecule has 20 nitrogen and oxygen atoms in total. The SMILES string of the molecule is CC(O)CC(C)O.Cc1[c-]c(-c2nc3ccccc3nc2C)cc(C)c1.Cc1[c-]c(-c2nc3ccccc3nc2CC(C)C)cc(C)c1.Cc1cc(-c2ccccn2)[n-]n1.Cc1nc2ccccc2nc1-c1[c-]c(CC(C)C)cc(CC(C)C)c1.Cc1nc2ccccc2nc1-c1[c-]c(CC(C)C)cc(CC(C)C)c1.FC(F)(F)c1cc(-c2ccccn2)[n-]n1.[Ir].[Ir].[Ir].[Ir].c1ccc(-c2n[n-]c(-c3ccccn3)n2)cc1. The summed E-state index contributed by atoms with van der Waals surface area (Å²) in [5.74, 6) is 4.22. The maximum atomic E-state index is 12.2. The van der Waals surface area contributed by atoms with Crippen LogP contribution in [0.1, 0.15) is 168 Å². The summed E-state index contributed by atoms with van der Waals surface area (Å²) in [6.45, 7) is 42.2. The average Bonchev–Trinajstić information content (AvgIpc) is 1.39.